The van der Waals surface area contributed by atoms with E-state index in [1.165, 1.54) is 5.56 Å². The second-order valence-electron chi connectivity index (χ2n) is 3.65. The lowest BCUT2D eigenvalue weighted by Gasteiger charge is -2.00. The molecule has 4 heteroatoms. The van der Waals surface area contributed by atoms with Crippen LogP contribution in [0.15, 0.2) is 29.4 Å². The minimum absolute atomic E-state index is 0.137. The normalized spacial score (nSPS) is 10.7. The van der Waals surface area contributed by atoms with Gasteiger partial charge in [0.15, 0.2) is 0 Å². The summed E-state index contributed by atoms with van der Waals surface area (Å²) in [5.74, 6) is -0.137. The Kier molecular flexibility index (Phi) is 5.96. The fourth-order valence-corrected chi connectivity index (χ4v) is 1.20. The number of ether oxygens (including phenoxy) is 1. The maximum atomic E-state index is 11.3. The Hall–Kier alpha value is -1.68. The van der Waals surface area contributed by atoms with Crippen molar-refractivity contribution in [1.82, 2.24) is 5.43 Å². The number of nitrogens with one attached hydrogen (secondary N) is 1. The molecule has 1 N–H and O–H groups in total. The number of aryl methyl sites for hydroxylation is 1. The van der Waals surface area contributed by atoms with E-state index in [2.05, 4.69) is 10.5 Å². The molecule has 0 heterocycles. The quantitative estimate of drug-likeness (QED) is 0.464. The smallest absolute Gasteiger partial charge is 0.242 e. The van der Waals surface area contributed by atoms with Crippen molar-refractivity contribution in [3.8, 4) is 0 Å². The van der Waals surface area contributed by atoms with Crippen molar-refractivity contribution < 1.29 is 9.53 Å². The molecular weight excluding hydrogens is 216 g/mol. The SMILES string of the molecule is CCOCCC(=O)N/N=C/c1ccc(C)cc1. The lowest BCUT2D eigenvalue weighted by atomic mass is 10.2. The van der Waals surface area contributed by atoms with Crippen molar-refractivity contribution in [3.05, 3.63) is 35.4 Å². The van der Waals surface area contributed by atoms with E-state index in [-0.39, 0.29) is 5.91 Å². The highest BCUT2D eigenvalue weighted by Crippen LogP contribution is 1.99. The fourth-order valence-electron chi connectivity index (χ4n) is 1.20. The summed E-state index contributed by atoms with van der Waals surface area (Å²) >= 11 is 0. The highest BCUT2D eigenvalue weighted by molar-refractivity contribution is 5.82. The van der Waals surface area contributed by atoms with Crippen LogP contribution in [0.1, 0.15) is 24.5 Å². The third-order valence-electron chi connectivity index (χ3n) is 2.16. The minimum Gasteiger partial charge on any atom is -0.381 e. The zero-order valence-corrected chi connectivity index (χ0v) is 10.3. The van der Waals surface area contributed by atoms with Gasteiger partial charge in [-0.15, -0.1) is 0 Å². The zero-order valence-electron chi connectivity index (χ0n) is 10.3. The van der Waals surface area contributed by atoms with Crippen molar-refractivity contribution in [2.75, 3.05) is 13.2 Å². The molecule has 4 nitrogen and oxygen atoms in total. The minimum atomic E-state index is -0.137. The molecule has 0 aliphatic rings. The van der Waals surface area contributed by atoms with E-state index in [1.807, 2.05) is 38.1 Å². The Morgan fingerprint density at radius 2 is 2.12 bits per heavy atom. The molecule has 0 atom stereocenters. The van der Waals surface area contributed by atoms with Gasteiger partial charge < -0.3 is 4.74 Å². The monoisotopic (exact) mass is 234 g/mol. The summed E-state index contributed by atoms with van der Waals surface area (Å²) in [7, 11) is 0. The van der Waals surface area contributed by atoms with Gasteiger partial charge in [0.25, 0.3) is 0 Å². The van der Waals surface area contributed by atoms with Crippen LogP contribution in [-0.4, -0.2) is 25.3 Å². The largest absolute Gasteiger partial charge is 0.381 e. The van der Waals surface area contributed by atoms with Crippen LogP contribution < -0.4 is 5.43 Å². The Balaban J connectivity index is 2.29. The number of hydrazone groups is 1. The summed E-state index contributed by atoms with van der Waals surface area (Å²) in [6, 6.07) is 7.90. The number of carbonyl (C=O) groups excluding carboxylic acids is 1. The maximum Gasteiger partial charge on any atom is 0.242 e. The van der Waals surface area contributed by atoms with E-state index in [0.29, 0.717) is 19.6 Å². The first kappa shape index (κ1) is 13.4. The Bertz CT molecular complexity index is 372. The van der Waals surface area contributed by atoms with Crippen molar-refractivity contribution >= 4 is 12.1 Å². The van der Waals surface area contributed by atoms with Gasteiger partial charge >= 0.3 is 0 Å². The zero-order chi connectivity index (χ0) is 12.5. The Morgan fingerprint density at radius 3 is 2.76 bits per heavy atom. The number of benzene rings is 1. The molecule has 17 heavy (non-hydrogen) atoms. The van der Waals surface area contributed by atoms with Gasteiger partial charge in [0, 0.05) is 6.61 Å². The van der Waals surface area contributed by atoms with Gasteiger partial charge in [-0.05, 0) is 19.4 Å². The van der Waals surface area contributed by atoms with Gasteiger partial charge in [-0.1, -0.05) is 29.8 Å². The van der Waals surface area contributed by atoms with Crippen LogP contribution in [0, 0.1) is 6.92 Å². The molecule has 1 amide bonds. The molecule has 0 unspecified atom stereocenters. The summed E-state index contributed by atoms with van der Waals surface area (Å²) in [6.45, 7) is 4.98. The number of hydrogen-bond donors (Lipinski definition) is 1. The molecule has 0 saturated carbocycles. The number of amides is 1. The van der Waals surface area contributed by atoms with Crippen molar-refractivity contribution in [3.63, 3.8) is 0 Å². The first-order chi connectivity index (χ1) is 8.22. The third kappa shape index (κ3) is 5.82. The number of rotatable bonds is 6. The highest BCUT2D eigenvalue weighted by atomic mass is 16.5. The second kappa shape index (κ2) is 7.57. The molecule has 0 aliphatic carbocycles. The predicted octanol–water partition coefficient (Wildman–Crippen LogP) is 1.87. The molecular formula is C13H18N2O2. The summed E-state index contributed by atoms with van der Waals surface area (Å²) in [5.41, 5.74) is 4.61. The molecule has 1 aromatic carbocycles. The highest BCUT2D eigenvalue weighted by Gasteiger charge is 1.97. The van der Waals surface area contributed by atoms with E-state index in [1.54, 1.807) is 6.21 Å². The molecule has 0 fully saturated rings. The average molecular weight is 234 g/mol. The second-order valence-corrected chi connectivity index (χ2v) is 3.65. The van der Waals surface area contributed by atoms with E-state index in [4.69, 9.17) is 4.74 Å². The van der Waals surface area contributed by atoms with Gasteiger partial charge in [0.1, 0.15) is 0 Å². The van der Waals surface area contributed by atoms with Crippen LogP contribution >= 0.6 is 0 Å². The van der Waals surface area contributed by atoms with E-state index >= 15 is 0 Å². The molecule has 0 radical (unpaired) electrons. The van der Waals surface area contributed by atoms with Crippen LogP contribution in [0.3, 0.4) is 0 Å². The predicted molar refractivity (Wildman–Crippen MR) is 68.0 cm³/mol. The summed E-state index contributed by atoms with van der Waals surface area (Å²) in [4.78, 5) is 11.3. The number of nitrogens with zero attached hydrogens (tertiary/aromatic N) is 1. The molecule has 0 saturated heterocycles. The van der Waals surface area contributed by atoms with Crippen LogP contribution in [0.5, 0.6) is 0 Å². The summed E-state index contributed by atoms with van der Waals surface area (Å²) < 4.78 is 5.07. The van der Waals surface area contributed by atoms with Crippen molar-refractivity contribution in [1.29, 1.82) is 0 Å². The molecule has 92 valence electrons. The van der Waals surface area contributed by atoms with Gasteiger partial charge in [-0.25, -0.2) is 5.43 Å². The van der Waals surface area contributed by atoms with Crippen LogP contribution in [0.25, 0.3) is 0 Å². The van der Waals surface area contributed by atoms with E-state index in [0.717, 1.165) is 5.56 Å². The molecule has 0 spiro atoms. The number of carbonyl (C=O) groups is 1. The Labute approximate surface area is 102 Å². The first-order valence-corrected chi connectivity index (χ1v) is 5.68. The van der Waals surface area contributed by atoms with Gasteiger partial charge in [0.2, 0.25) is 5.91 Å². The molecule has 1 rings (SSSR count). The van der Waals surface area contributed by atoms with Crippen molar-refractivity contribution in [2.24, 2.45) is 5.10 Å². The Morgan fingerprint density at radius 1 is 1.41 bits per heavy atom. The van der Waals surface area contributed by atoms with Crippen LogP contribution in [0.2, 0.25) is 0 Å². The van der Waals surface area contributed by atoms with Crippen LogP contribution in [-0.2, 0) is 9.53 Å². The summed E-state index contributed by atoms with van der Waals surface area (Å²) in [6.07, 6.45) is 1.96. The molecule has 0 aromatic heterocycles. The first-order valence-electron chi connectivity index (χ1n) is 5.68. The standard InChI is InChI=1S/C13H18N2O2/c1-3-17-9-8-13(16)15-14-10-12-6-4-11(2)5-7-12/h4-7,10H,3,8-9H2,1-2H3,(H,15,16)/b14-10+. The van der Waals surface area contributed by atoms with Gasteiger partial charge in [-0.3, -0.25) is 4.79 Å². The lowest BCUT2D eigenvalue weighted by Crippen LogP contribution is -2.19. The molecule has 0 bridgehead atoms. The third-order valence-corrected chi connectivity index (χ3v) is 2.16. The average Bonchev–Trinajstić information content (AvgIpc) is 2.32. The van der Waals surface area contributed by atoms with Gasteiger partial charge in [0.05, 0.1) is 19.2 Å². The lowest BCUT2D eigenvalue weighted by molar-refractivity contribution is -0.122. The number of hydrogen-bond acceptors (Lipinski definition) is 3. The van der Waals surface area contributed by atoms with Crippen molar-refractivity contribution in [2.45, 2.75) is 20.3 Å². The van der Waals surface area contributed by atoms with E-state index < -0.39 is 0 Å². The maximum absolute atomic E-state index is 11.3. The van der Waals surface area contributed by atoms with Crippen LogP contribution in [0.4, 0.5) is 0 Å². The summed E-state index contributed by atoms with van der Waals surface area (Å²) in [5, 5.41) is 3.87. The topological polar surface area (TPSA) is 50.7 Å². The van der Waals surface area contributed by atoms with Gasteiger partial charge in [-0.2, -0.15) is 5.10 Å². The fraction of sp³-hybridized carbons (Fsp3) is 0.385. The van der Waals surface area contributed by atoms with E-state index in [9.17, 15) is 4.79 Å². The molecule has 0 aliphatic heterocycles. The molecule has 1 aromatic rings.